The highest BCUT2D eigenvalue weighted by Crippen LogP contribution is 2.36. The van der Waals surface area contributed by atoms with Crippen molar-refractivity contribution in [2.24, 2.45) is 4.99 Å². The van der Waals surface area contributed by atoms with E-state index in [-0.39, 0.29) is 29.2 Å². The summed E-state index contributed by atoms with van der Waals surface area (Å²) in [7, 11) is 1.43. The van der Waals surface area contributed by atoms with Crippen molar-refractivity contribution in [3.8, 4) is 11.5 Å². The fourth-order valence-corrected chi connectivity index (χ4v) is 4.73. The van der Waals surface area contributed by atoms with Crippen LogP contribution in [-0.4, -0.2) is 30.2 Å². The minimum atomic E-state index is -0.859. The number of allylic oxidation sites excluding steroid dienone is 1. The van der Waals surface area contributed by atoms with Gasteiger partial charge in [0.15, 0.2) is 16.3 Å². The smallest absolute Gasteiger partial charge is 0.338 e. The maximum Gasteiger partial charge on any atom is 0.338 e. The minimum absolute atomic E-state index is 0.0000416. The lowest BCUT2D eigenvalue weighted by molar-refractivity contribution is -0.138. The lowest BCUT2D eigenvalue weighted by atomic mass is 9.95. The van der Waals surface area contributed by atoms with E-state index in [1.165, 1.54) is 42.3 Å². The molecule has 0 aliphatic carbocycles. The molecule has 1 aliphatic rings. The van der Waals surface area contributed by atoms with Crippen LogP contribution in [0.25, 0.3) is 6.08 Å². The van der Waals surface area contributed by atoms with Crippen molar-refractivity contribution < 1.29 is 28.2 Å². The van der Waals surface area contributed by atoms with Gasteiger partial charge in [0.1, 0.15) is 12.4 Å². The molecular formula is C25H22N2O7S. The highest BCUT2D eigenvalue weighted by Gasteiger charge is 2.34. The quantitative estimate of drug-likeness (QED) is 0.282. The van der Waals surface area contributed by atoms with Crippen LogP contribution < -0.4 is 24.4 Å². The summed E-state index contributed by atoms with van der Waals surface area (Å²) in [6, 6.07) is 7.43. The van der Waals surface area contributed by atoms with Gasteiger partial charge in [0.05, 0.1) is 35.2 Å². The molecule has 1 aliphatic heterocycles. The Morgan fingerprint density at radius 2 is 2.09 bits per heavy atom. The second-order valence-electron chi connectivity index (χ2n) is 7.49. The zero-order valence-electron chi connectivity index (χ0n) is 19.3. The molecule has 3 heterocycles. The molecule has 1 aromatic carbocycles. The van der Waals surface area contributed by atoms with Crippen LogP contribution in [0.2, 0.25) is 0 Å². The third-order valence-corrected chi connectivity index (χ3v) is 6.13. The van der Waals surface area contributed by atoms with Gasteiger partial charge in [-0.1, -0.05) is 30.1 Å². The molecule has 0 spiro atoms. The second-order valence-corrected chi connectivity index (χ2v) is 8.50. The zero-order chi connectivity index (χ0) is 25.1. The molecule has 0 amide bonds. The van der Waals surface area contributed by atoms with Crippen LogP contribution >= 0.6 is 11.3 Å². The normalized spacial score (nSPS) is 15.3. The number of methoxy groups -OCH3 is 1. The maximum atomic E-state index is 13.5. The molecule has 4 rings (SSSR count). The Morgan fingerprint density at radius 1 is 1.29 bits per heavy atom. The number of rotatable bonds is 7. The number of thiazole rings is 1. The average molecular weight is 495 g/mol. The summed E-state index contributed by atoms with van der Waals surface area (Å²) >= 11 is 1.18. The molecule has 3 aromatic rings. The first-order valence-electron chi connectivity index (χ1n) is 10.5. The van der Waals surface area contributed by atoms with E-state index in [1.54, 1.807) is 43.3 Å². The predicted octanol–water partition coefficient (Wildman–Crippen LogP) is 2.49. The number of benzene rings is 1. The molecule has 0 fully saturated rings. The van der Waals surface area contributed by atoms with Crippen LogP contribution in [0.5, 0.6) is 11.5 Å². The largest absolute Gasteiger partial charge is 0.493 e. The van der Waals surface area contributed by atoms with Crippen molar-refractivity contribution in [1.29, 1.82) is 0 Å². The number of furan rings is 1. The van der Waals surface area contributed by atoms with Crippen LogP contribution in [0.1, 0.15) is 31.2 Å². The lowest BCUT2D eigenvalue weighted by Crippen LogP contribution is -2.40. The van der Waals surface area contributed by atoms with Crippen LogP contribution in [0.4, 0.5) is 0 Å². The van der Waals surface area contributed by atoms with Gasteiger partial charge in [-0.15, -0.1) is 0 Å². The van der Waals surface area contributed by atoms with Crippen molar-refractivity contribution in [2.45, 2.75) is 19.9 Å². The summed E-state index contributed by atoms with van der Waals surface area (Å²) in [4.78, 5) is 43.0. The molecule has 0 N–H and O–H groups in total. The molecule has 1 atom stereocenters. The first-order valence-corrected chi connectivity index (χ1v) is 11.4. The van der Waals surface area contributed by atoms with E-state index in [0.29, 0.717) is 26.4 Å². The average Bonchev–Trinajstić information content (AvgIpc) is 3.44. The number of carbonyl (C=O) groups excluding carboxylic acids is 2. The Labute approximate surface area is 203 Å². The highest BCUT2D eigenvalue weighted by molar-refractivity contribution is 7.07. The standard InChI is InChI=1S/C25H22N2O7S/c1-5-10-33-24(30)21-14(2)26-25-27(23(29)20(35-25)13-17-7-6-11-32-17)22(21)16-8-9-18(34-15(3)28)19(12-16)31-4/h5-9,11-13,22H,1,10H2,2-4H3. The SMILES string of the molecule is C=CCOC(=O)C1=C(C)N=c2sc(=Cc3ccco3)c(=O)n2C1c1ccc(OC(C)=O)c(OC)c1. The lowest BCUT2D eigenvalue weighted by Gasteiger charge is -2.25. The van der Waals surface area contributed by atoms with Gasteiger partial charge < -0.3 is 18.6 Å². The Kier molecular flexibility index (Phi) is 6.83. The van der Waals surface area contributed by atoms with Crippen LogP contribution in [0.3, 0.4) is 0 Å². The predicted molar refractivity (Wildman–Crippen MR) is 128 cm³/mol. The number of ether oxygens (including phenoxy) is 3. The van der Waals surface area contributed by atoms with Crippen molar-refractivity contribution in [3.63, 3.8) is 0 Å². The Hall–Kier alpha value is -4.18. The number of esters is 2. The van der Waals surface area contributed by atoms with Crippen LogP contribution in [-0.2, 0) is 14.3 Å². The molecule has 0 saturated heterocycles. The van der Waals surface area contributed by atoms with Gasteiger partial charge in [0.25, 0.3) is 5.56 Å². The molecule has 2 aromatic heterocycles. The first kappa shape index (κ1) is 24.0. The fraction of sp³-hybridized carbons (Fsp3) is 0.200. The number of fused-ring (bicyclic) bond motifs is 1. The van der Waals surface area contributed by atoms with Gasteiger partial charge in [0, 0.05) is 13.0 Å². The summed E-state index contributed by atoms with van der Waals surface area (Å²) in [6.45, 7) is 6.55. The Morgan fingerprint density at radius 3 is 2.74 bits per heavy atom. The highest BCUT2D eigenvalue weighted by atomic mass is 32.1. The monoisotopic (exact) mass is 494 g/mol. The summed E-state index contributed by atoms with van der Waals surface area (Å²) in [5.74, 6) is -0.138. The van der Waals surface area contributed by atoms with Crippen molar-refractivity contribution in [2.75, 3.05) is 13.7 Å². The molecule has 180 valence electrons. The summed E-state index contributed by atoms with van der Waals surface area (Å²) in [5.41, 5.74) is 0.812. The van der Waals surface area contributed by atoms with Gasteiger partial charge in [-0.2, -0.15) is 0 Å². The summed E-state index contributed by atoms with van der Waals surface area (Å²) < 4.78 is 23.1. The first-order chi connectivity index (χ1) is 16.8. The van der Waals surface area contributed by atoms with Crippen LogP contribution in [0, 0.1) is 0 Å². The van der Waals surface area contributed by atoms with E-state index >= 15 is 0 Å². The Bertz CT molecular complexity index is 1510. The molecule has 10 heteroatoms. The van der Waals surface area contributed by atoms with Gasteiger partial charge in [-0.3, -0.25) is 14.2 Å². The van der Waals surface area contributed by atoms with E-state index in [4.69, 9.17) is 18.6 Å². The third-order valence-electron chi connectivity index (χ3n) is 5.15. The number of hydrogen-bond acceptors (Lipinski definition) is 9. The van der Waals surface area contributed by atoms with Crippen molar-refractivity contribution in [3.05, 3.63) is 91.5 Å². The van der Waals surface area contributed by atoms with Gasteiger partial charge in [-0.05, 0) is 36.8 Å². The van der Waals surface area contributed by atoms with Crippen LogP contribution in [0.15, 0.2) is 74.7 Å². The van der Waals surface area contributed by atoms with E-state index in [0.717, 1.165) is 0 Å². The number of carbonyl (C=O) groups is 2. The molecule has 1 unspecified atom stereocenters. The van der Waals surface area contributed by atoms with Crippen molar-refractivity contribution >= 4 is 29.4 Å². The van der Waals surface area contributed by atoms with E-state index in [9.17, 15) is 14.4 Å². The molecule has 0 bridgehead atoms. The molecule has 9 nitrogen and oxygen atoms in total. The summed E-state index contributed by atoms with van der Waals surface area (Å²) in [6.07, 6.45) is 4.60. The third kappa shape index (κ3) is 4.73. The zero-order valence-corrected chi connectivity index (χ0v) is 20.1. The summed E-state index contributed by atoms with van der Waals surface area (Å²) in [5, 5.41) is 0. The van der Waals surface area contributed by atoms with E-state index in [2.05, 4.69) is 11.6 Å². The molecule has 0 saturated carbocycles. The minimum Gasteiger partial charge on any atom is -0.493 e. The molecule has 0 radical (unpaired) electrons. The number of nitrogens with zero attached hydrogens (tertiary/aromatic N) is 2. The van der Waals surface area contributed by atoms with Gasteiger partial charge >= 0.3 is 11.9 Å². The van der Waals surface area contributed by atoms with E-state index in [1.807, 2.05) is 0 Å². The maximum absolute atomic E-state index is 13.5. The fourth-order valence-electron chi connectivity index (χ4n) is 3.71. The number of aromatic nitrogens is 1. The second kappa shape index (κ2) is 9.98. The Balaban J connectivity index is 1.94. The van der Waals surface area contributed by atoms with Gasteiger partial charge in [0.2, 0.25) is 0 Å². The molecular weight excluding hydrogens is 472 g/mol. The van der Waals surface area contributed by atoms with E-state index < -0.39 is 18.0 Å². The van der Waals surface area contributed by atoms with Crippen molar-refractivity contribution in [1.82, 2.24) is 4.57 Å². The topological polar surface area (TPSA) is 109 Å². The molecule has 35 heavy (non-hydrogen) atoms. The number of hydrogen-bond donors (Lipinski definition) is 0. The van der Waals surface area contributed by atoms with Gasteiger partial charge in [-0.25, -0.2) is 9.79 Å².